The van der Waals surface area contributed by atoms with E-state index in [9.17, 15) is 17.8 Å². The highest BCUT2D eigenvalue weighted by Gasteiger charge is 2.37. The topological polar surface area (TPSA) is 66.4 Å². The number of hydrogen-bond donors (Lipinski definition) is 0. The third kappa shape index (κ3) is 4.45. The van der Waals surface area contributed by atoms with Gasteiger partial charge in [-0.1, -0.05) is 12.1 Å². The van der Waals surface area contributed by atoms with E-state index in [1.165, 1.54) is 12.1 Å². The molecule has 30 heavy (non-hydrogen) atoms. The number of benzene rings is 1. The predicted molar refractivity (Wildman–Crippen MR) is 113 cm³/mol. The van der Waals surface area contributed by atoms with Crippen LogP contribution in [0.3, 0.4) is 0 Å². The molecule has 2 aliphatic heterocycles. The molecule has 3 heterocycles. The summed E-state index contributed by atoms with van der Waals surface area (Å²) in [5, 5.41) is 0. The predicted octanol–water partition coefficient (Wildman–Crippen LogP) is 2.27. The van der Waals surface area contributed by atoms with Gasteiger partial charge in [0.2, 0.25) is 11.9 Å². The molecule has 0 bridgehead atoms. The number of carbonyl (C=O) groups excluding carboxylic acids is 1. The molecule has 2 aliphatic rings. The number of piperazine rings is 1. The summed E-state index contributed by atoms with van der Waals surface area (Å²) in [4.78, 5) is 25.2. The standard InChI is InChI=1S/C21H24F2N4O2S/c1-30(29)10-6-16(7-11-30)20(28)27-9-8-26(21-24-12-18(23)13-25-21)14-19(27)15-2-4-17(22)5-3-15/h2-5,12-13,16,19H,1,6-11,14H2. The third-order valence-corrected chi connectivity index (χ3v) is 7.79. The second-order valence-corrected chi connectivity index (χ2v) is 10.6. The maximum Gasteiger partial charge on any atom is 0.226 e. The van der Waals surface area contributed by atoms with Crippen LogP contribution in [0.4, 0.5) is 14.7 Å². The molecule has 6 nitrogen and oxygen atoms in total. The van der Waals surface area contributed by atoms with E-state index in [2.05, 4.69) is 15.8 Å². The molecule has 1 amide bonds. The van der Waals surface area contributed by atoms with Crippen molar-refractivity contribution in [2.24, 2.45) is 5.92 Å². The molecule has 2 saturated heterocycles. The fraction of sp³-hybridized carbons (Fsp3) is 0.429. The van der Waals surface area contributed by atoms with Gasteiger partial charge in [0.1, 0.15) is 5.82 Å². The minimum atomic E-state index is -2.07. The monoisotopic (exact) mass is 434 g/mol. The van der Waals surface area contributed by atoms with E-state index in [4.69, 9.17) is 0 Å². The van der Waals surface area contributed by atoms with Gasteiger partial charge in [0.25, 0.3) is 0 Å². The van der Waals surface area contributed by atoms with Crippen LogP contribution in [-0.2, 0) is 14.3 Å². The second kappa shape index (κ2) is 8.29. The Labute approximate surface area is 174 Å². The van der Waals surface area contributed by atoms with Crippen LogP contribution in [0.2, 0.25) is 0 Å². The van der Waals surface area contributed by atoms with Crippen LogP contribution in [0.1, 0.15) is 24.4 Å². The van der Waals surface area contributed by atoms with E-state index in [0.717, 1.165) is 18.0 Å². The number of nitrogens with zero attached hydrogens (tertiary/aromatic N) is 4. The van der Waals surface area contributed by atoms with Crippen LogP contribution in [-0.4, -0.2) is 62.0 Å². The molecule has 4 rings (SSSR count). The molecule has 0 aliphatic carbocycles. The number of carbonyl (C=O) groups is 1. The van der Waals surface area contributed by atoms with Crippen LogP contribution in [0.15, 0.2) is 36.7 Å². The lowest BCUT2D eigenvalue weighted by atomic mass is 9.96. The first-order valence-electron chi connectivity index (χ1n) is 9.93. The SMILES string of the molecule is C=S1(=O)CCC(C(=O)N2CCN(c3ncc(F)cn3)CC2c2ccc(F)cc2)CC1. The number of rotatable bonds is 3. The Morgan fingerprint density at radius 1 is 1.03 bits per heavy atom. The number of aromatic nitrogens is 2. The van der Waals surface area contributed by atoms with Gasteiger partial charge in [0.15, 0.2) is 5.82 Å². The summed E-state index contributed by atoms with van der Waals surface area (Å²) in [6.07, 6.45) is 3.37. The quantitative estimate of drug-likeness (QED) is 0.694. The first kappa shape index (κ1) is 20.7. The molecular weight excluding hydrogens is 410 g/mol. The molecule has 0 N–H and O–H groups in total. The van der Waals surface area contributed by atoms with Crippen molar-refractivity contribution in [2.45, 2.75) is 18.9 Å². The third-order valence-electron chi connectivity index (χ3n) is 5.83. The van der Waals surface area contributed by atoms with Crippen molar-refractivity contribution in [1.82, 2.24) is 14.9 Å². The van der Waals surface area contributed by atoms with Crippen LogP contribution in [0.25, 0.3) is 0 Å². The van der Waals surface area contributed by atoms with Crippen LogP contribution in [0.5, 0.6) is 0 Å². The fourth-order valence-corrected chi connectivity index (χ4v) is 5.74. The largest absolute Gasteiger partial charge is 0.337 e. The highest BCUT2D eigenvalue weighted by Crippen LogP contribution is 2.31. The highest BCUT2D eigenvalue weighted by molar-refractivity contribution is 8.00. The molecule has 2 fully saturated rings. The van der Waals surface area contributed by atoms with Crippen molar-refractivity contribution in [3.8, 4) is 0 Å². The van der Waals surface area contributed by atoms with Crippen molar-refractivity contribution in [3.05, 3.63) is 53.9 Å². The number of hydrogen-bond acceptors (Lipinski definition) is 5. The summed E-state index contributed by atoms with van der Waals surface area (Å²) in [5.41, 5.74) is 0.813. The minimum Gasteiger partial charge on any atom is -0.337 e. The van der Waals surface area contributed by atoms with Crippen LogP contribution < -0.4 is 4.90 Å². The maximum atomic E-state index is 13.5. The van der Waals surface area contributed by atoms with Crippen molar-refractivity contribution in [2.75, 3.05) is 36.0 Å². The van der Waals surface area contributed by atoms with Gasteiger partial charge in [0, 0.05) is 37.1 Å². The zero-order valence-corrected chi connectivity index (χ0v) is 17.4. The van der Waals surface area contributed by atoms with E-state index in [1.54, 1.807) is 12.1 Å². The van der Waals surface area contributed by atoms with Crippen LogP contribution in [0, 0.1) is 17.6 Å². The van der Waals surface area contributed by atoms with Crippen molar-refractivity contribution in [1.29, 1.82) is 0 Å². The molecule has 1 unspecified atom stereocenters. The average molecular weight is 435 g/mol. The summed E-state index contributed by atoms with van der Waals surface area (Å²) in [5.74, 6) is 4.09. The molecule has 0 spiro atoms. The average Bonchev–Trinajstić information content (AvgIpc) is 2.74. The smallest absolute Gasteiger partial charge is 0.226 e. The molecule has 0 radical (unpaired) electrons. The van der Waals surface area contributed by atoms with Crippen molar-refractivity contribution < 1.29 is 17.8 Å². The summed E-state index contributed by atoms with van der Waals surface area (Å²) >= 11 is 0. The van der Waals surface area contributed by atoms with Gasteiger partial charge in [-0.25, -0.2) is 18.7 Å². The second-order valence-electron chi connectivity index (χ2n) is 7.89. The van der Waals surface area contributed by atoms with E-state index >= 15 is 0 Å². The molecule has 0 saturated carbocycles. The molecule has 9 heteroatoms. The molecule has 1 aromatic heterocycles. The van der Waals surface area contributed by atoms with Crippen molar-refractivity contribution >= 4 is 27.2 Å². The molecule has 1 aromatic carbocycles. The molecule has 160 valence electrons. The Morgan fingerprint density at radius 2 is 1.67 bits per heavy atom. The van der Waals surface area contributed by atoms with E-state index in [-0.39, 0.29) is 23.7 Å². The summed E-state index contributed by atoms with van der Waals surface area (Å²) in [7, 11) is -2.07. The zero-order chi connectivity index (χ0) is 21.3. The van der Waals surface area contributed by atoms with E-state index in [1.807, 2.05) is 9.80 Å². The Hall–Kier alpha value is -2.55. The number of halogens is 2. The molecule has 2 aromatic rings. The first-order valence-corrected chi connectivity index (χ1v) is 12.0. The molecule has 1 atom stereocenters. The number of anilines is 1. The lowest BCUT2D eigenvalue weighted by molar-refractivity contribution is -0.138. The van der Waals surface area contributed by atoms with E-state index in [0.29, 0.717) is 49.9 Å². The fourth-order valence-electron chi connectivity index (χ4n) is 4.11. The van der Waals surface area contributed by atoms with Gasteiger partial charge in [-0.3, -0.25) is 9.00 Å². The van der Waals surface area contributed by atoms with Crippen molar-refractivity contribution in [3.63, 3.8) is 0 Å². The van der Waals surface area contributed by atoms with Gasteiger partial charge < -0.3 is 9.80 Å². The van der Waals surface area contributed by atoms with Gasteiger partial charge in [-0.15, -0.1) is 0 Å². The summed E-state index contributed by atoms with van der Waals surface area (Å²) < 4.78 is 38.9. The minimum absolute atomic E-state index is 0.0268. The Kier molecular flexibility index (Phi) is 5.73. The van der Waals surface area contributed by atoms with E-state index < -0.39 is 15.3 Å². The number of amides is 1. The zero-order valence-electron chi connectivity index (χ0n) is 16.5. The van der Waals surface area contributed by atoms with Crippen LogP contribution >= 0.6 is 0 Å². The Morgan fingerprint density at radius 3 is 2.30 bits per heavy atom. The van der Waals surface area contributed by atoms with Gasteiger partial charge in [0.05, 0.1) is 18.4 Å². The normalized spacial score (nSPS) is 27.1. The van der Waals surface area contributed by atoms with Gasteiger partial charge in [-0.2, -0.15) is 0 Å². The summed E-state index contributed by atoms with van der Waals surface area (Å²) in [6.45, 7) is 1.37. The maximum absolute atomic E-state index is 13.5. The lowest BCUT2D eigenvalue weighted by Gasteiger charge is -2.43. The van der Waals surface area contributed by atoms with Gasteiger partial charge >= 0.3 is 0 Å². The molecular formula is C21H24F2N4O2S. The highest BCUT2D eigenvalue weighted by atomic mass is 32.2. The first-order chi connectivity index (χ1) is 14.3. The van der Waals surface area contributed by atoms with Gasteiger partial charge in [-0.05, 0) is 45.9 Å². The Balaban J connectivity index is 1.58. The summed E-state index contributed by atoms with van der Waals surface area (Å²) in [6, 6.07) is 5.80. The Bertz CT molecular complexity index is 998. The lowest BCUT2D eigenvalue weighted by Crippen LogP contribution is -2.53.